The Hall–Kier alpha value is -2.85. The average Bonchev–Trinajstić information content (AvgIpc) is 3.38. The molecular weight excluding hydrogens is 487 g/mol. The molecule has 0 atom stereocenters. The second-order valence-corrected chi connectivity index (χ2v) is 11.6. The van der Waals surface area contributed by atoms with Gasteiger partial charge < -0.3 is 0 Å². The molecule has 4 rings (SSSR count). The zero-order chi connectivity index (χ0) is 27.9. The van der Waals surface area contributed by atoms with Gasteiger partial charge in [-0.05, 0) is 93.3 Å². The number of nitrogens with zero attached hydrogens (tertiary/aromatic N) is 2. The quantitative estimate of drug-likeness (QED) is 0.225. The maximum atomic E-state index is 10.7. The van der Waals surface area contributed by atoms with Gasteiger partial charge in [0, 0.05) is 27.7 Å². The van der Waals surface area contributed by atoms with Crippen molar-refractivity contribution in [2.75, 3.05) is 6.67 Å². The molecule has 4 heteroatoms. The van der Waals surface area contributed by atoms with Crippen molar-refractivity contribution in [2.24, 2.45) is 0 Å². The van der Waals surface area contributed by atoms with Crippen LogP contribution in [0, 0.1) is 27.7 Å². The molecule has 2 nitrogen and oxygen atoms in total. The van der Waals surface area contributed by atoms with E-state index < -0.39 is 0 Å². The topological polar surface area (TPSA) is 17.8 Å². The van der Waals surface area contributed by atoms with Gasteiger partial charge >= 0.3 is 0 Å². The van der Waals surface area contributed by atoms with E-state index in [2.05, 4.69) is 114 Å². The summed E-state index contributed by atoms with van der Waals surface area (Å²) in [5.74, 6) is 1.02. The van der Waals surface area contributed by atoms with E-state index in [1.807, 2.05) is 18.0 Å². The molecule has 4 aromatic rings. The monoisotopic (exact) mass is 530 g/mol. The minimum Gasteiger partial charge on any atom is -0.299 e. The summed E-state index contributed by atoms with van der Waals surface area (Å²) in [6.45, 7) is 17.3. The zero-order valence-electron chi connectivity index (χ0n) is 24.4. The van der Waals surface area contributed by atoms with Gasteiger partial charge in [-0.2, -0.15) is 0 Å². The highest BCUT2D eigenvalue weighted by Gasteiger charge is 2.28. The molecule has 0 amide bonds. The second kappa shape index (κ2) is 13.3. The largest absolute Gasteiger partial charge is 0.299 e. The van der Waals surface area contributed by atoms with Crippen LogP contribution in [0.2, 0.25) is 0 Å². The van der Waals surface area contributed by atoms with Crippen molar-refractivity contribution < 1.29 is 4.39 Å². The van der Waals surface area contributed by atoms with Crippen LogP contribution in [0.4, 0.5) is 4.39 Å². The highest BCUT2D eigenvalue weighted by atomic mass is 32.2. The molecule has 0 radical (unpaired) electrons. The number of hydrogen-bond donors (Lipinski definition) is 0. The molecule has 0 saturated carbocycles. The smallest absolute Gasteiger partial charge is 0.144 e. The molecule has 3 aromatic carbocycles. The molecule has 0 spiro atoms. The van der Waals surface area contributed by atoms with Crippen molar-refractivity contribution in [1.82, 2.24) is 9.55 Å². The van der Waals surface area contributed by atoms with Crippen LogP contribution < -0.4 is 0 Å². The van der Waals surface area contributed by atoms with E-state index in [-0.39, 0.29) is 12.1 Å². The molecule has 0 bridgehead atoms. The number of benzene rings is 3. The molecular formula is C34H43FN2S. The lowest BCUT2D eigenvalue weighted by atomic mass is 9.75. The summed E-state index contributed by atoms with van der Waals surface area (Å²) in [4.78, 5) is 7.42. The SMILES string of the molecule is CCC(C)(CC)c1ccc(Sc2ccc(C)cc2)cc1-c1nccn1-c1c(C)cc(C)cc1C.CCCF. The van der Waals surface area contributed by atoms with Crippen molar-refractivity contribution >= 4 is 11.8 Å². The number of aromatic nitrogens is 2. The summed E-state index contributed by atoms with van der Waals surface area (Å²) in [7, 11) is 0. The van der Waals surface area contributed by atoms with E-state index >= 15 is 0 Å². The Bertz CT molecular complexity index is 1310. The molecule has 0 aliphatic heterocycles. The van der Waals surface area contributed by atoms with Crippen molar-refractivity contribution in [3.8, 4) is 17.1 Å². The lowest BCUT2D eigenvalue weighted by Gasteiger charge is -2.30. The molecule has 1 aromatic heterocycles. The van der Waals surface area contributed by atoms with E-state index in [0.29, 0.717) is 6.42 Å². The lowest BCUT2D eigenvalue weighted by molar-refractivity contribution is 0.439. The minimum absolute atomic E-state index is 0.0938. The Labute approximate surface area is 233 Å². The van der Waals surface area contributed by atoms with Crippen molar-refractivity contribution in [3.63, 3.8) is 0 Å². The van der Waals surface area contributed by atoms with Gasteiger partial charge in [0.15, 0.2) is 0 Å². The van der Waals surface area contributed by atoms with Gasteiger partial charge in [-0.15, -0.1) is 0 Å². The predicted octanol–water partition coefficient (Wildman–Crippen LogP) is 10.4. The number of aryl methyl sites for hydroxylation is 4. The van der Waals surface area contributed by atoms with E-state index in [9.17, 15) is 4.39 Å². The lowest BCUT2D eigenvalue weighted by Crippen LogP contribution is -2.21. The molecule has 0 aliphatic rings. The summed E-state index contributed by atoms with van der Waals surface area (Å²) in [6, 6.07) is 20.3. The van der Waals surface area contributed by atoms with Crippen molar-refractivity contribution in [1.29, 1.82) is 0 Å². The van der Waals surface area contributed by atoms with Crippen LogP contribution in [0.1, 0.15) is 74.8 Å². The van der Waals surface area contributed by atoms with Crippen LogP contribution in [0.15, 0.2) is 76.8 Å². The van der Waals surface area contributed by atoms with E-state index in [0.717, 1.165) is 18.7 Å². The Morgan fingerprint density at radius 1 is 0.816 bits per heavy atom. The predicted molar refractivity (Wildman–Crippen MR) is 163 cm³/mol. The molecule has 0 fully saturated rings. The third-order valence-corrected chi connectivity index (χ3v) is 8.40. The molecule has 0 N–H and O–H groups in total. The standard InChI is InChI=1S/C31H36N2S.C3H7F/c1-8-31(7,9-2)28-15-14-26(34-25-12-10-21(3)11-13-25)20-27(28)30-32-16-17-33(30)29-23(5)18-22(4)19-24(29)6;1-2-3-4/h10-20H,8-9H2,1-7H3;2-3H2,1H3. The van der Waals surface area contributed by atoms with Crippen LogP contribution in [-0.4, -0.2) is 16.2 Å². The maximum absolute atomic E-state index is 10.7. The van der Waals surface area contributed by atoms with Crippen LogP contribution >= 0.6 is 11.8 Å². The van der Waals surface area contributed by atoms with Gasteiger partial charge in [0.2, 0.25) is 0 Å². The number of rotatable bonds is 8. The Kier molecular flexibility index (Phi) is 10.4. The van der Waals surface area contributed by atoms with Gasteiger partial charge in [-0.1, -0.05) is 80.9 Å². The van der Waals surface area contributed by atoms with Gasteiger partial charge in [-0.25, -0.2) is 4.98 Å². The average molecular weight is 531 g/mol. The minimum atomic E-state index is -0.181. The number of hydrogen-bond acceptors (Lipinski definition) is 2. The summed E-state index contributed by atoms with van der Waals surface area (Å²) in [5.41, 5.74) is 9.06. The highest BCUT2D eigenvalue weighted by Crippen LogP contribution is 2.41. The first kappa shape index (κ1) is 29.7. The number of halogens is 1. The van der Waals surface area contributed by atoms with Gasteiger partial charge in [0.05, 0.1) is 12.4 Å². The molecule has 0 saturated heterocycles. The Balaban J connectivity index is 0.000000934. The van der Waals surface area contributed by atoms with Gasteiger partial charge in [0.25, 0.3) is 0 Å². The molecule has 0 unspecified atom stereocenters. The Morgan fingerprint density at radius 3 is 1.95 bits per heavy atom. The fraction of sp³-hybridized carbons (Fsp3) is 0.382. The first-order valence-electron chi connectivity index (χ1n) is 13.7. The van der Waals surface area contributed by atoms with Crippen LogP contribution in [0.5, 0.6) is 0 Å². The van der Waals surface area contributed by atoms with Crippen molar-refractivity contribution in [3.05, 3.63) is 94.8 Å². The molecule has 202 valence electrons. The van der Waals surface area contributed by atoms with E-state index in [1.165, 1.54) is 48.9 Å². The summed E-state index contributed by atoms with van der Waals surface area (Å²) < 4.78 is 13.0. The van der Waals surface area contributed by atoms with Gasteiger partial charge in [-0.3, -0.25) is 8.96 Å². The van der Waals surface area contributed by atoms with Crippen LogP contribution in [-0.2, 0) is 5.41 Å². The normalized spacial score (nSPS) is 11.3. The zero-order valence-corrected chi connectivity index (χ0v) is 25.2. The molecule has 1 heterocycles. The second-order valence-electron chi connectivity index (χ2n) is 10.4. The molecule has 0 aliphatic carbocycles. The van der Waals surface area contributed by atoms with Crippen LogP contribution in [0.3, 0.4) is 0 Å². The first-order chi connectivity index (χ1) is 18.2. The summed E-state index contributed by atoms with van der Waals surface area (Å²) >= 11 is 1.82. The summed E-state index contributed by atoms with van der Waals surface area (Å²) in [6.07, 6.45) is 6.88. The highest BCUT2D eigenvalue weighted by molar-refractivity contribution is 7.99. The third kappa shape index (κ3) is 6.77. The Morgan fingerprint density at radius 2 is 1.39 bits per heavy atom. The fourth-order valence-electron chi connectivity index (χ4n) is 4.91. The van der Waals surface area contributed by atoms with E-state index in [1.54, 1.807) is 6.92 Å². The first-order valence-corrected chi connectivity index (χ1v) is 14.6. The fourth-order valence-corrected chi connectivity index (χ4v) is 5.76. The maximum Gasteiger partial charge on any atom is 0.144 e. The van der Waals surface area contributed by atoms with Crippen LogP contribution in [0.25, 0.3) is 17.1 Å². The molecule has 38 heavy (non-hydrogen) atoms. The summed E-state index contributed by atoms with van der Waals surface area (Å²) in [5, 5.41) is 0. The number of imidazole rings is 1. The third-order valence-electron chi connectivity index (χ3n) is 7.41. The van der Waals surface area contributed by atoms with Gasteiger partial charge in [0.1, 0.15) is 5.82 Å². The van der Waals surface area contributed by atoms with E-state index in [4.69, 9.17) is 4.98 Å². The van der Waals surface area contributed by atoms with Crippen molar-refractivity contribution in [2.45, 2.75) is 89.9 Å². The number of alkyl halides is 1.